The van der Waals surface area contributed by atoms with Crippen LogP contribution in [0.2, 0.25) is 0 Å². The first-order chi connectivity index (χ1) is 9.31. The van der Waals surface area contributed by atoms with Crippen molar-refractivity contribution < 1.29 is 14.7 Å². The van der Waals surface area contributed by atoms with Gasteiger partial charge in [0, 0.05) is 12.4 Å². The first-order valence-corrected chi connectivity index (χ1v) is 7.09. The number of aryl methyl sites for hydroxylation is 2. The van der Waals surface area contributed by atoms with Gasteiger partial charge in [0.2, 0.25) is 0 Å². The maximum atomic E-state index is 12.2. The summed E-state index contributed by atoms with van der Waals surface area (Å²) in [4.78, 5) is 24.7. The van der Waals surface area contributed by atoms with Crippen LogP contribution >= 0.6 is 11.3 Å². The summed E-state index contributed by atoms with van der Waals surface area (Å²) in [6.45, 7) is 5.40. The molecule has 1 amide bonds. The molecule has 2 N–H and O–H groups in total. The zero-order valence-electron chi connectivity index (χ0n) is 11.8. The Hall–Kier alpha value is -1.89. The Bertz CT molecular complexity index is 637. The fraction of sp³-hybridized carbons (Fsp3) is 0.462. The standard InChI is InChI=1S/C13H17N3O3S/c1-6(2)10(13(18)19)14-11(17)9-5-8-7(3)15-16(4)12(8)20-9/h5-6,10H,1-4H3,(H,14,17)(H,18,19)/t10-/m1/s1. The lowest BCUT2D eigenvalue weighted by atomic mass is 10.0. The highest BCUT2D eigenvalue weighted by atomic mass is 32.1. The van der Waals surface area contributed by atoms with E-state index in [4.69, 9.17) is 5.11 Å². The van der Waals surface area contributed by atoms with Crippen LogP contribution in [0, 0.1) is 12.8 Å². The number of carboxylic acid groups (broad SMARTS) is 1. The second kappa shape index (κ2) is 5.24. The molecule has 0 radical (unpaired) electrons. The van der Waals surface area contributed by atoms with Gasteiger partial charge in [0.1, 0.15) is 10.9 Å². The van der Waals surface area contributed by atoms with Gasteiger partial charge in [0.25, 0.3) is 5.91 Å². The number of thiophene rings is 1. The summed E-state index contributed by atoms with van der Waals surface area (Å²) in [5, 5.41) is 16.9. The third kappa shape index (κ3) is 2.53. The van der Waals surface area contributed by atoms with Crippen LogP contribution in [0.15, 0.2) is 6.07 Å². The number of aromatic nitrogens is 2. The highest BCUT2D eigenvalue weighted by Gasteiger charge is 2.25. The van der Waals surface area contributed by atoms with E-state index in [1.807, 2.05) is 14.0 Å². The van der Waals surface area contributed by atoms with Crippen molar-refractivity contribution in [3.8, 4) is 0 Å². The van der Waals surface area contributed by atoms with Crippen LogP contribution in [-0.2, 0) is 11.8 Å². The normalized spacial score (nSPS) is 12.8. The van der Waals surface area contributed by atoms with Crippen LogP contribution in [-0.4, -0.2) is 32.8 Å². The summed E-state index contributed by atoms with van der Waals surface area (Å²) in [6, 6.07) is 0.878. The zero-order chi connectivity index (χ0) is 15.0. The van der Waals surface area contributed by atoms with Crippen molar-refractivity contribution >= 4 is 33.4 Å². The van der Waals surface area contributed by atoms with Crippen molar-refractivity contribution in [3.63, 3.8) is 0 Å². The van der Waals surface area contributed by atoms with Gasteiger partial charge in [-0.1, -0.05) is 13.8 Å². The summed E-state index contributed by atoms with van der Waals surface area (Å²) in [7, 11) is 1.82. The minimum absolute atomic E-state index is 0.172. The summed E-state index contributed by atoms with van der Waals surface area (Å²) in [5.41, 5.74) is 0.858. The molecule has 20 heavy (non-hydrogen) atoms. The molecule has 0 saturated heterocycles. The van der Waals surface area contributed by atoms with Gasteiger partial charge in [-0.15, -0.1) is 11.3 Å². The molecule has 0 aliphatic rings. The third-order valence-corrected chi connectivity index (χ3v) is 4.34. The Morgan fingerprint density at radius 3 is 2.60 bits per heavy atom. The highest BCUT2D eigenvalue weighted by Crippen LogP contribution is 2.27. The van der Waals surface area contributed by atoms with Gasteiger partial charge < -0.3 is 10.4 Å². The van der Waals surface area contributed by atoms with E-state index in [1.165, 1.54) is 11.3 Å². The lowest BCUT2D eigenvalue weighted by molar-refractivity contribution is -0.140. The number of amides is 1. The monoisotopic (exact) mass is 295 g/mol. The smallest absolute Gasteiger partial charge is 0.326 e. The topological polar surface area (TPSA) is 84.2 Å². The maximum Gasteiger partial charge on any atom is 0.326 e. The van der Waals surface area contributed by atoms with Gasteiger partial charge in [0.15, 0.2) is 0 Å². The molecule has 0 aliphatic carbocycles. The summed E-state index contributed by atoms with van der Waals surface area (Å²) in [5.74, 6) is -1.55. The van der Waals surface area contributed by atoms with E-state index in [1.54, 1.807) is 24.6 Å². The molecule has 0 aromatic carbocycles. The Morgan fingerprint density at radius 1 is 1.45 bits per heavy atom. The second-order valence-corrected chi connectivity index (χ2v) is 6.10. The van der Waals surface area contributed by atoms with E-state index in [0.717, 1.165) is 15.9 Å². The fourth-order valence-electron chi connectivity index (χ4n) is 2.04. The molecule has 108 valence electrons. The molecule has 2 heterocycles. The number of carboxylic acids is 1. The number of carbonyl (C=O) groups excluding carboxylic acids is 1. The molecule has 0 fully saturated rings. The van der Waals surface area contributed by atoms with Gasteiger partial charge in [-0.25, -0.2) is 4.79 Å². The number of hydrogen-bond donors (Lipinski definition) is 2. The number of carbonyl (C=O) groups is 2. The number of fused-ring (bicyclic) bond motifs is 1. The van der Waals surface area contributed by atoms with Crippen LogP contribution < -0.4 is 5.32 Å². The molecular formula is C13H17N3O3S. The molecular weight excluding hydrogens is 278 g/mol. The van der Waals surface area contributed by atoms with Crippen molar-refractivity contribution in [1.82, 2.24) is 15.1 Å². The van der Waals surface area contributed by atoms with Crippen LogP contribution in [0.4, 0.5) is 0 Å². The van der Waals surface area contributed by atoms with Crippen molar-refractivity contribution in [2.45, 2.75) is 26.8 Å². The van der Waals surface area contributed by atoms with Crippen molar-refractivity contribution in [2.24, 2.45) is 13.0 Å². The SMILES string of the molecule is Cc1nn(C)c2sc(C(=O)N[C@@H](C(=O)O)C(C)C)cc12. The number of rotatable bonds is 4. The molecule has 1 atom stereocenters. The minimum atomic E-state index is -1.02. The molecule has 0 bridgehead atoms. The molecule has 0 spiro atoms. The number of nitrogens with one attached hydrogen (secondary N) is 1. The van der Waals surface area contributed by atoms with Gasteiger partial charge >= 0.3 is 5.97 Å². The molecule has 6 nitrogen and oxygen atoms in total. The van der Waals surface area contributed by atoms with Gasteiger partial charge in [-0.2, -0.15) is 5.10 Å². The second-order valence-electron chi connectivity index (χ2n) is 5.07. The molecule has 0 saturated carbocycles. The Morgan fingerprint density at radius 2 is 2.10 bits per heavy atom. The average molecular weight is 295 g/mol. The zero-order valence-corrected chi connectivity index (χ0v) is 12.6. The van der Waals surface area contributed by atoms with Crippen LogP contribution in [0.1, 0.15) is 29.2 Å². The summed E-state index contributed by atoms with van der Waals surface area (Å²) >= 11 is 1.31. The van der Waals surface area contributed by atoms with E-state index in [9.17, 15) is 9.59 Å². The summed E-state index contributed by atoms with van der Waals surface area (Å²) < 4.78 is 1.73. The lowest BCUT2D eigenvalue weighted by Gasteiger charge is -2.17. The van der Waals surface area contributed by atoms with E-state index < -0.39 is 12.0 Å². The fourth-order valence-corrected chi connectivity index (χ4v) is 3.07. The van der Waals surface area contributed by atoms with Gasteiger partial charge in [0.05, 0.1) is 10.6 Å². The first kappa shape index (κ1) is 14.5. The third-order valence-electron chi connectivity index (χ3n) is 3.14. The molecule has 2 aromatic rings. The Balaban J connectivity index is 2.27. The van der Waals surface area contributed by atoms with E-state index in [2.05, 4.69) is 10.4 Å². The quantitative estimate of drug-likeness (QED) is 0.900. The number of hydrogen-bond acceptors (Lipinski definition) is 4. The average Bonchev–Trinajstić information content (AvgIpc) is 2.88. The highest BCUT2D eigenvalue weighted by molar-refractivity contribution is 7.20. The van der Waals surface area contributed by atoms with Gasteiger partial charge in [-0.3, -0.25) is 9.48 Å². The van der Waals surface area contributed by atoms with Crippen molar-refractivity contribution in [1.29, 1.82) is 0 Å². The maximum absolute atomic E-state index is 12.2. The lowest BCUT2D eigenvalue weighted by Crippen LogP contribution is -2.44. The van der Waals surface area contributed by atoms with Crippen LogP contribution in [0.3, 0.4) is 0 Å². The van der Waals surface area contributed by atoms with Crippen LogP contribution in [0.5, 0.6) is 0 Å². The van der Waals surface area contributed by atoms with E-state index in [-0.39, 0.29) is 11.8 Å². The van der Waals surface area contributed by atoms with Crippen molar-refractivity contribution in [3.05, 3.63) is 16.6 Å². The van der Waals surface area contributed by atoms with Crippen LogP contribution in [0.25, 0.3) is 10.2 Å². The molecule has 2 rings (SSSR count). The van der Waals surface area contributed by atoms with E-state index in [0.29, 0.717) is 4.88 Å². The largest absolute Gasteiger partial charge is 0.480 e. The predicted molar refractivity (Wildman–Crippen MR) is 77.1 cm³/mol. The Labute approximate surface area is 120 Å². The Kier molecular flexibility index (Phi) is 3.80. The summed E-state index contributed by atoms with van der Waals surface area (Å²) in [6.07, 6.45) is 0. The molecule has 2 aromatic heterocycles. The molecule has 0 unspecified atom stereocenters. The predicted octanol–water partition coefficient (Wildman–Crippen LogP) is 1.78. The molecule has 0 aliphatic heterocycles. The molecule has 7 heteroatoms. The number of aliphatic carboxylic acids is 1. The van der Waals surface area contributed by atoms with E-state index >= 15 is 0 Å². The van der Waals surface area contributed by atoms with Gasteiger partial charge in [-0.05, 0) is 18.9 Å². The van der Waals surface area contributed by atoms with Crippen molar-refractivity contribution in [2.75, 3.05) is 0 Å². The first-order valence-electron chi connectivity index (χ1n) is 6.28. The number of nitrogens with zero attached hydrogens (tertiary/aromatic N) is 2. The minimum Gasteiger partial charge on any atom is -0.480 e.